The normalized spacial score (nSPS) is 15.5. The maximum Gasteiger partial charge on any atom is 0.451 e. The lowest BCUT2D eigenvalue weighted by atomic mass is 10.5. The molecular weight excluding hydrogens is 303 g/mol. The first-order valence-corrected chi connectivity index (χ1v) is 18.7. The van der Waals surface area contributed by atoms with Crippen molar-refractivity contribution in [3.63, 3.8) is 0 Å². The lowest BCUT2D eigenvalue weighted by molar-refractivity contribution is 0.267. The molecule has 0 fully saturated rings. The molecule has 0 N–H and O–H groups in total. The molecular formula is C12H34N2OPSi3+. The highest BCUT2D eigenvalue weighted by Gasteiger charge is 2.48. The highest BCUT2D eigenvalue weighted by molar-refractivity contribution is 7.47. The maximum atomic E-state index is 6.27. The number of nitrogens with zero attached hydrogens (tertiary/aromatic N) is 2. The average Bonchev–Trinajstić information content (AvgIpc) is 1.90. The summed E-state index contributed by atoms with van der Waals surface area (Å²) in [6.07, 6.45) is 0.251. The first-order valence-electron chi connectivity index (χ1n) is 7.14. The van der Waals surface area contributed by atoms with Crippen LogP contribution in [0, 0.1) is 0 Å². The molecule has 0 bridgehead atoms. The molecule has 0 aliphatic heterocycles. The van der Waals surface area contributed by atoms with E-state index in [4.69, 9.17) is 8.93 Å². The first kappa shape index (κ1) is 19.7. The largest absolute Gasteiger partial charge is 0.451 e. The van der Waals surface area contributed by atoms with Crippen molar-refractivity contribution in [2.75, 3.05) is 0 Å². The van der Waals surface area contributed by atoms with Crippen molar-refractivity contribution < 1.29 is 4.52 Å². The van der Waals surface area contributed by atoms with Crippen molar-refractivity contribution in [2.45, 2.75) is 78.9 Å². The Labute approximate surface area is 125 Å². The van der Waals surface area contributed by atoms with E-state index >= 15 is 0 Å². The van der Waals surface area contributed by atoms with Crippen LogP contribution in [-0.2, 0) is 4.52 Å². The van der Waals surface area contributed by atoms with Crippen LogP contribution in [0.3, 0.4) is 0 Å². The Morgan fingerprint density at radius 2 is 1.21 bits per heavy atom. The zero-order valence-electron chi connectivity index (χ0n) is 14.8. The van der Waals surface area contributed by atoms with Crippen molar-refractivity contribution in [3.05, 3.63) is 0 Å². The first-order chi connectivity index (χ1) is 8.14. The predicted molar refractivity (Wildman–Crippen MR) is 97.4 cm³/mol. The van der Waals surface area contributed by atoms with Crippen LogP contribution in [-0.4, -0.2) is 34.8 Å². The van der Waals surface area contributed by atoms with Gasteiger partial charge in [0.2, 0.25) is 8.24 Å². The van der Waals surface area contributed by atoms with E-state index in [-0.39, 0.29) is 6.10 Å². The molecule has 19 heavy (non-hydrogen) atoms. The van der Waals surface area contributed by atoms with E-state index in [1.54, 1.807) is 0 Å². The van der Waals surface area contributed by atoms with E-state index in [9.17, 15) is 0 Å². The third-order valence-electron chi connectivity index (χ3n) is 2.13. The van der Waals surface area contributed by atoms with Crippen LogP contribution in [0.15, 0.2) is 4.41 Å². The van der Waals surface area contributed by atoms with Crippen LogP contribution < -0.4 is 0 Å². The Morgan fingerprint density at radius 3 is 1.42 bits per heavy atom. The lowest BCUT2D eigenvalue weighted by Gasteiger charge is -2.35. The van der Waals surface area contributed by atoms with E-state index in [0.29, 0.717) is 0 Å². The summed E-state index contributed by atoms with van der Waals surface area (Å²) in [4.78, 5) is 0. The second-order valence-electron chi connectivity index (χ2n) is 8.33. The quantitative estimate of drug-likeness (QED) is 0.458. The summed E-state index contributed by atoms with van der Waals surface area (Å²) in [5, 5.41) is 0. The van der Waals surface area contributed by atoms with Crippen LogP contribution in [0.1, 0.15) is 13.8 Å². The predicted octanol–water partition coefficient (Wildman–Crippen LogP) is 5.71. The fourth-order valence-electron chi connectivity index (χ4n) is 2.08. The molecule has 114 valence electrons. The van der Waals surface area contributed by atoms with E-state index in [1.165, 1.54) is 0 Å². The highest BCUT2D eigenvalue weighted by atomic mass is 31.1. The Morgan fingerprint density at radius 1 is 0.842 bits per heavy atom. The molecule has 0 saturated carbocycles. The van der Waals surface area contributed by atoms with Crippen LogP contribution >= 0.6 is 8.09 Å². The zero-order chi connectivity index (χ0) is 15.6. The lowest BCUT2D eigenvalue weighted by Crippen LogP contribution is -2.55. The minimum atomic E-state index is -1.48. The van der Waals surface area contributed by atoms with Crippen molar-refractivity contribution in [2.24, 2.45) is 4.41 Å². The van der Waals surface area contributed by atoms with Gasteiger partial charge in [-0.05, 0) is 33.5 Å². The summed E-state index contributed by atoms with van der Waals surface area (Å²) in [6.45, 7) is 25.7. The Hall–Kier alpha value is 0.671. The van der Waals surface area contributed by atoms with Crippen molar-refractivity contribution in [1.82, 2.24) is 4.00 Å². The second-order valence-corrected chi connectivity index (χ2v) is 25.4. The van der Waals surface area contributed by atoms with Gasteiger partial charge in [0.15, 0.2) is 16.5 Å². The SMILES string of the molecule is CC(C)O[P+](=N[Si](C)(C)C)N([Si](C)(C)C)[Si](C)(C)C. The van der Waals surface area contributed by atoms with Gasteiger partial charge in [-0.15, -0.1) is 12.9 Å². The number of rotatable bonds is 6. The van der Waals surface area contributed by atoms with Gasteiger partial charge in [-0.2, -0.15) is 0 Å². The van der Waals surface area contributed by atoms with E-state index in [0.717, 1.165) is 0 Å². The summed E-state index contributed by atoms with van der Waals surface area (Å²) in [5.74, 6) is 0. The fourth-order valence-corrected chi connectivity index (χ4v) is 18.4. The van der Waals surface area contributed by atoms with Crippen molar-refractivity contribution in [1.29, 1.82) is 0 Å². The minimum Gasteiger partial charge on any atom is -0.144 e. The van der Waals surface area contributed by atoms with Gasteiger partial charge in [0.25, 0.3) is 0 Å². The van der Waals surface area contributed by atoms with Crippen molar-refractivity contribution in [3.8, 4) is 0 Å². The standard InChI is InChI=1S/C12H34N2OPSi3/c1-12(2)15-16(13-17(3,4)5)14(18(6,7)8)19(9,10)11/h12H,1-11H3/q+1. The smallest absolute Gasteiger partial charge is 0.144 e. The van der Waals surface area contributed by atoms with Crippen LogP contribution in [0.4, 0.5) is 0 Å². The molecule has 1 atom stereocenters. The average molecular weight is 338 g/mol. The molecule has 0 rings (SSSR count). The summed E-state index contributed by atoms with van der Waals surface area (Å²) < 4.78 is 14.2. The molecule has 0 radical (unpaired) electrons. The summed E-state index contributed by atoms with van der Waals surface area (Å²) >= 11 is 0. The van der Waals surface area contributed by atoms with Crippen LogP contribution in [0.2, 0.25) is 58.9 Å². The number of hydrogen-bond donors (Lipinski definition) is 0. The molecule has 7 heteroatoms. The Bertz CT molecular complexity index is 313. The maximum absolute atomic E-state index is 6.27. The molecule has 0 aromatic rings. The van der Waals surface area contributed by atoms with Gasteiger partial charge in [-0.3, -0.25) is 0 Å². The third-order valence-corrected chi connectivity index (χ3v) is 17.4. The third kappa shape index (κ3) is 7.87. The van der Waals surface area contributed by atoms with E-state index < -0.39 is 32.8 Å². The fraction of sp³-hybridized carbons (Fsp3) is 1.00. The van der Waals surface area contributed by atoms with Crippen LogP contribution in [0.5, 0.6) is 0 Å². The summed E-state index contributed by atoms with van der Waals surface area (Å²) in [7, 11) is -5.11. The molecule has 3 nitrogen and oxygen atoms in total. The summed E-state index contributed by atoms with van der Waals surface area (Å²) in [6, 6.07) is 0. The Kier molecular flexibility index (Phi) is 6.86. The van der Waals surface area contributed by atoms with Gasteiger partial charge in [-0.1, -0.05) is 39.3 Å². The van der Waals surface area contributed by atoms with Crippen molar-refractivity contribution >= 4 is 32.8 Å². The van der Waals surface area contributed by atoms with Crippen LogP contribution in [0.25, 0.3) is 0 Å². The van der Waals surface area contributed by atoms with Gasteiger partial charge in [0.1, 0.15) is 6.10 Å². The van der Waals surface area contributed by atoms with E-state index in [2.05, 4.69) is 76.8 Å². The van der Waals surface area contributed by atoms with Gasteiger partial charge in [-0.25, -0.2) is 0 Å². The van der Waals surface area contributed by atoms with E-state index in [1.807, 2.05) is 0 Å². The molecule has 0 spiro atoms. The van der Waals surface area contributed by atoms with Gasteiger partial charge in [0, 0.05) is 0 Å². The molecule has 0 saturated heterocycles. The summed E-state index contributed by atoms with van der Waals surface area (Å²) in [5.41, 5.74) is 0. The highest BCUT2D eigenvalue weighted by Crippen LogP contribution is 2.44. The van der Waals surface area contributed by atoms with Gasteiger partial charge in [0.05, 0.1) is 0 Å². The minimum absolute atomic E-state index is 0.251. The topological polar surface area (TPSA) is 24.8 Å². The molecule has 0 aromatic carbocycles. The Balaban J connectivity index is 5.72. The van der Waals surface area contributed by atoms with Gasteiger partial charge >= 0.3 is 8.09 Å². The molecule has 0 heterocycles. The molecule has 1 unspecified atom stereocenters. The molecule has 0 amide bonds. The number of hydrogen-bond acceptors (Lipinski definition) is 2. The molecule has 0 aliphatic carbocycles. The van der Waals surface area contributed by atoms with Gasteiger partial charge < -0.3 is 0 Å². The zero-order valence-corrected chi connectivity index (χ0v) is 18.7. The second kappa shape index (κ2) is 6.62. The molecule has 0 aliphatic rings. The monoisotopic (exact) mass is 337 g/mol. The molecule has 0 aromatic heterocycles.